The first-order valence-electron chi connectivity index (χ1n) is 9.65. The molecule has 0 spiro atoms. The SMILES string of the molecule is Cc1cccc(COc2ccccc2/C=C2\N=C(c3ccc([N+](=O)[O-])cc3Cl)OC2=O)c1. The number of rotatable bonds is 6. The average molecular weight is 449 g/mol. The first kappa shape index (κ1) is 21.3. The fourth-order valence-corrected chi connectivity index (χ4v) is 3.41. The predicted molar refractivity (Wildman–Crippen MR) is 121 cm³/mol. The second kappa shape index (κ2) is 9.03. The van der Waals surface area contributed by atoms with Crippen LogP contribution >= 0.6 is 11.6 Å². The molecule has 160 valence electrons. The van der Waals surface area contributed by atoms with E-state index < -0.39 is 10.9 Å². The zero-order chi connectivity index (χ0) is 22.7. The molecule has 0 fully saturated rings. The van der Waals surface area contributed by atoms with Crippen molar-refractivity contribution in [1.82, 2.24) is 0 Å². The number of non-ortho nitro benzene ring substituents is 1. The van der Waals surface area contributed by atoms with Crippen molar-refractivity contribution in [2.24, 2.45) is 4.99 Å². The van der Waals surface area contributed by atoms with Crippen molar-refractivity contribution in [2.75, 3.05) is 0 Å². The Bertz CT molecular complexity index is 1280. The van der Waals surface area contributed by atoms with E-state index in [-0.39, 0.29) is 27.9 Å². The van der Waals surface area contributed by atoms with Gasteiger partial charge in [-0.2, -0.15) is 0 Å². The fraction of sp³-hybridized carbons (Fsp3) is 0.0833. The standard InChI is InChI=1S/C24H17ClN2O5/c1-15-5-4-6-16(11-15)14-31-22-8-3-2-7-17(22)12-21-24(28)32-23(26-21)19-10-9-18(27(29)30)13-20(19)25/h2-13H,14H2,1H3/b21-12-. The van der Waals surface area contributed by atoms with Gasteiger partial charge in [-0.3, -0.25) is 10.1 Å². The molecule has 0 aliphatic carbocycles. The summed E-state index contributed by atoms with van der Waals surface area (Å²) >= 11 is 6.13. The topological polar surface area (TPSA) is 91.0 Å². The van der Waals surface area contributed by atoms with Gasteiger partial charge in [-0.1, -0.05) is 59.6 Å². The van der Waals surface area contributed by atoms with Gasteiger partial charge in [-0.15, -0.1) is 0 Å². The molecule has 0 amide bonds. The maximum Gasteiger partial charge on any atom is 0.363 e. The minimum atomic E-state index is -0.650. The molecule has 0 saturated carbocycles. The lowest BCUT2D eigenvalue weighted by molar-refractivity contribution is -0.384. The molecule has 3 aromatic rings. The third-order valence-electron chi connectivity index (χ3n) is 4.70. The molecular weight excluding hydrogens is 432 g/mol. The molecular formula is C24H17ClN2O5. The summed E-state index contributed by atoms with van der Waals surface area (Å²) in [5, 5.41) is 11.0. The van der Waals surface area contributed by atoms with Crippen molar-refractivity contribution in [3.05, 3.63) is 110 Å². The molecule has 0 bridgehead atoms. The van der Waals surface area contributed by atoms with Crippen LogP contribution in [-0.2, 0) is 16.1 Å². The van der Waals surface area contributed by atoms with Gasteiger partial charge in [0.2, 0.25) is 5.90 Å². The molecule has 4 rings (SSSR count). The second-order valence-electron chi connectivity index (χ2n) is 7.07. The lowest BCUT2D eigenvalue weighted by Gasteiger charge is -2.09. The molecule has 0 unspecified atom stereocenters. The zero-order valence-electron chi connectivity index (χ0n) is 16.9. The average Bonchev–Trinajstić information content (AvgIpc) is 3.13. The summed E-state index contributed by atoms with van der Waals surface area (Å²) in [6, 6.07) is 19.1. The van der Waals surface area contributed by atoms with Crippen LogP contribution in [-0.4, -0.2) is 16.8 Å². The van der Waals surface area contributed by atoms with Crippen LogP contribution in [0, 0.1) is 17.0 Å². The maximum absolute atomic E-state index is 12.4. The number of nitro groups is 1. The van der Waals surface area contributed by atoms with E-state index in [1.54, 1.807) is 18.2 Å². The summed E-state index contributed by atoms with van der Waals surface area (Å²) in [4.78, 5) is 27.0. The van der Waals surface area contributed by atoms with Crippen molar-refractivity contribution in [3.8, 4) is 5.75 Å². The van der Waals surface area contributed by atoms with E-state index in [4.69, 9.17) is 21.1 Å². The first-order valence-corrected chi connectivity index (χ1v) is 10.0. The number of carbonyl (C=O) groups excluding carboxylic acids is 1. The summed E-state index contributed by atoms with van der Waals surface area (Å²) in [7, 11) is 0. The monoisotopic (exact) mass is 448 g/mol. The highest BCUT2D eigenvalue weighted by Crippen LogP contribution is 2.29. The Morgan fingerprint density at radius 3 is 2.69 bits per heavy atom. The molecule has 1 heterocycles. The zero-order valence-corrected chi connectivity index (χ0v) is 17.7. The number of carbonyl (C=O) groups is 1. The van der Waals surface area contributed by atoms with E-state index in [1.807, 2.05) is 43.3 Å². The van der Waals surface area contributed by atoms with Crippen LogP contribution in [0.15, 0.2) is 77.4 Å². The smallest absolute Gasteiger partial charge is 0.363 e. The number of hydrogen-bond acceptors (Lipinski definition) is 6. The maximum atomic E-state index is 12.4. The van der Waals surface area contributed by atoms with Gasteiger partial charge in [0.1, 0.15) is 12.4 Å². The lowest BCUT2D eigenvalue weighted by atomic mass is 10.1. The highest BCUT2D eigenvalue weighted by Gasteiger charge is 2.26. The Labute approximate surface area is 188 Å². The Balaban J connectivity index is 1.59. The highest BCUT2D eigenvalue weighted by molar-refractivity contribution is 6.34. The van der Waals surface area contributed by atoms with E-state index in [1.165, 1.54) is 18.2 Å². The minimum Gasteiger partial charge on any atom is -0.488 e. The van der Waals surface area contributed by atoms with Crippen LogP contribution in [0.3, 0.4) is 0 Å². The van der Waals surface area contributed by atoms with Crippen LogP contribution in [0.1, 0.15) is 22.3 Å². The molecule has 0 saturated heterocycles. The van der Waals surface area contributed by atoms with Gasteiger partial charge in [0.15, 0.2) is 5.70 Å². The molecule has 8 heteroatoms. The van der Waals surface area contributed by atoms with Crippen molar-refractivity contribution >= 4 is 35.2 Å². The number of nitrogens with zero attached hydrogens (tertiary/aromatic N) is 2. The molecule has 0 radical (unpaired) electrons. The lowest BCUT2D eigenvalue weighted by Crippen LogP contribution is -2.06. The van der Waals surface area contributed by atoms with Crippen molar-refractivity contribution in [2.45, 2.75) is 13.5 Å². The number of para-hydroxylation sites is 1. The molecule has 1 aliphatic rings. The van der Waals surface area contributed by atoms with Gasteiger partial charge in [-0.05, 0) is 30.7 Å². The summed E-state index contributed by atoms with van der Waals surface area (Å²) in [6.45, 7) is 2.39. The van der Waals surface area contributed by atoms with Gasteiger partial charge < -0.3 is 9.47 Å². The Hall–Kier alpha value is -3.97. The Kier molecular flexibility index (Phi) is 6.00. The number of aliphatic imine (C=N–C) groups is 1. The normalized spacial score (nSPS) is 14.2. The summed E-state index contributed by atoms with van der Waals surface area (Å²) in [6.07, 6.45) is 1.57. The van der Waals surface area contributed by atoms with Gasteiger partial charge in [-0.25, -0.2) is 9.79 Å². The third-order valence-corrected chi connectivity index (χ3v) is 5.02. The molecule has 1 aliphatic heterocycles. The number of nitro benzene ring substituents is 1. The summed E-state index contributed by atoms with van der Waals surface area (Å²) in [5.41, 5.74) is 3.02. The quantitative estimate of drug-likeness (QED) is 0.215. The van der Waals surface area contributed by atoms with Crippen LogP contribution < -0.4 is 4.74 Å². The van der Waals surface area contributed by atoms with Crippen LogP contribution in [0.25, 0.3) is 6.08 Å². The number of halogens is 1. The number of aryl methyl sites for hydroxylation is 1. The third kappa shape index (κ3) is 4.68. The minimum absolute atomic E-state index is 0.0145. The molecule has 32 heavy (non-hydrogen) atoms. The predicted octanol–water partition coefficient (Wildman–Crippen LogP) is 5.48. The van der Waals surface area contributed by atoms with Gasteiger partial charge in [0.05, 0.1) is 15.5 Å². The van der Waals surface area contributed by atoms with Crippen LogP contribution in [0.4, 0.5) is 5.69 Å². The Morgan fingerprint density at radius 2 is 1.94 bits per heavy atom. The molecule has 7 nitrogen and oxygen atoms in total. The highest BCUT2D eigenvalue weighted by atomic mass is 35.5. The van der Waals surface area contributed by atoms with E-state index in [2.05, 4.69) is 4.99 Å². The molecule has 3 aromatic carbocycles. The molecule has 0 atom stereocenters. The van der Waals surface area contributed by atoms with Crippen molar-refractivity contribution in [3.63, 3.8) is 0 Å². The molecule has 0 aromatic heterocycles. The summed E-state index contributed by atoms with van der Waals surface area (Å²) < 4.78 is 11.2. The largest absolute Gasteiger partial charge is 0.488 e. The van der Waals surface area contributed by atoms with E-state index >= 15 is 0 Å². The Morgan fingerprint density at radius 1 is 1.12 bits per heavy atom. The second-order valence-corrected chi connectivity index (χ2v) is 7.48. The van der Waals surface area contributed by atoms with Crippen LogP contribution in [0.2, 0.25) is 5.02 Å². The fourth-order valence-electron chi connectivity index (χ4n) is 3.16. The number of esters is 1. The van der Waals surface area contributed by atoms with Crippen molar-refractivity contribution in [1.29, 1.82) is 0 Å². The number of cyclic esters (lactones) is 1. The summed E-state index contributed by atoms with van der Waals surface area (Å²) in [5.74, 6) is -0.0754. The van der Waals surface area contributed by atoms with E-state index in [0.717, 1.165) is 11.1 Å². The van der Waals surface area contributed by atoms with Gasteiger partial charge >= 0.3 is 5.97 Å². The van der Waals surface area contributed by atoms with Crippen LogP contribution in [0.5, 0.6) is 5.75 Å². The van der Waals surface area contributed by atoms with Gasteiger partial charge in [0.25, 0.3) is 5.69 Å². The number of benzene rings is 3. The number of hydrogen-bond donors (Lipinski definition) is 0. The van der Waals surface area contributed by atoms with E-state index in [9.17, 15) is 14.9 Å². The molecule has 0 N–H and O–H groups in total. The van der Waals surface area contributed by atoms with Gasteiger partial charge in [0, 0.05) is 17.7 Å². The van der Waals surface area contributed by atoms with Crippen molar-refractivity contribution < 1.29 is 19.2 Å². The number of ether oxygens (including phenoxy) is 2. The first-order chi connectivity index (χ1) is 15.4. The van der Waals surface area contributed by atoms with E-state index in [0.29, 0.717) is 17.9 Å².